The molecule has 25 heavy (non-hydrogen) atoms. The summed E-state index contributed by atoms with van der Waals surface area (Å²) in [6.07, 6.45) is 1.74. The lowest BCUT2D eigenvalue weighted by Crippen LogP contribution is -2.33. The van der Waals surface area contributed by atoms with Gasteiger partial charge in [-0.05, 0) is 43.3 Å². The van der Waals surface area contributed by atoms with Crippen LogP contribution in [0.3, 0.4) is 0 Å². The fourth-order valence-electron chi connectivity index (χ4n) is 2.82. The first-order valence-corrected chi connectivity index (χ1v) is 11.6. The molecule has 2 aromatic heterocycles. The summed E-state index contributed by atoms with van der Waals surface area (Å²) in [5.74, 6) is -0.250. The molecule has 5 nitrogen and oxygen atoms in total. The summed E-state index contributed by atoms with van der Waals surface area (Å²) in [5.41, 5.74) is 0. The van der Waals surface area contributed by atoms with E-state index in [1.54, 1.807) is 22.4 Å². The fraction of sp³-hybridized carbons (Fsp3) is 0.438. The number of sulfonamides is 1. The molecular weight excluding hydrogens is 400 g/mol. The van der Waals surface area contributed by atoms with Crippen LogP contribution in [0.25, 0.3) is 0 Å². The van der Waals surface area contributed by atoms with Gasteiger partial charge in [0.05, 0.1) is 10.9 Å². The van der Waals surface area contributed by atoms with E-state index in [1.807, 2.05) is 13.0 Å². The third-order valence-electron chi connectivity index (χ3n) is 4.15. The number of thiophene rings is 2. The van der Waals surface area contributed by atoms with Crippen molar-refractivity contribution >= 4 is 50.2 Å². The number of hydrogen-bond acceptors (Lipinski definition) is 5. The van der Waals surface area contributed by atoms with Gasteiger partial charge in [-0.2, -0.15) is 4.31 Å². The molecule has 1 aliphatic heterocycles. The molecule has 1 fully saturated rings. The molecule has 3 heterocycles. The van der Waals surface area contributed by atoms with Crippen LogP contribution in [0.5, 0.6) is 0 Å². The van der Waals surface area contributed by atoms with Crippen molar-refractivity contribution in [3.63, 3.8) is 0 Å². The van der Waals surface area contributed by atoms with Gasteiger partial charge in [0.25, 0.3) is 5.91 Å². The maximum Gasteiger partial charge on any atom is 0.265 e. The molecule has 0 bridgehead atoms. The van der Waals surface area contributed by atoms with Crippen molar-refractivity contribution in [3.05, 3.63) is 37.7 Å². The van der Waals surface area contributed by atoms with E-state index in [-0.39, 0.29) is 15.7 Å². The number of carbonyl (C=O) groups excluding carboxylic acids is 1. The van der Waals surface area contributed by atoms with Crippen molar-refractivity contribution in [2.75, 3.05) is 19.6 Å². The van der Waals surface area contributed by atoms with Crippen LogP contribution in [0.2, 0.25) is 4.34 Å². The fourth-order valence-corrected chi connectivity index (χ4v) is 6.80. The third-order valence-corrected chi connectivity index (χ3v) is 8.34. The number of nitrogens with zero attached hydrogens (tertiary/aromatic N) is 2. The lowest BCUT2D eigenvalue weighted by molar-refractivity contribution is 0.0755. The van der Waals surface area contributed by atoms with Crippen molar-refractivity contribution in [1.29, 1.82) is 0 Å². The molecule has 0 atom stereocenters. The Morgan fingerprint density at radius 1 is 1.28 bits per heavy atom. The predicted molar refractivity (Wildman–Crippen MR) is 102 cm³/mol. The second-order valence-electron chi connectivity index (χ2n) is 5.75. The van der Waals surface area contributed by atoms with Crippen LogP contribution in [0, 0.1) is 0 Å². The van der Waals surface area contributed by atoms with Gasteiger partial charge in [0.15, 0.2) is 0 Å². The maximum atomic E-state index is 13.0. The topological polar surface area (TPSA) is 57.7 Å². The molecular formula is C16H19ClN2O3S3. The zero-order valence-electron chi connectivity index (χ0n) is 13.8. The van der Waals surface area contributed by atoms with Crippen LogP contribution in [-0.4, -0.2) is 43.2 Å². The second-order valence-corrected chi connectivity index (χ2v) is 10.4. The van der Waals surface area contributed by atoms with Crippen molar-refractivity contribution < 1.29 is 13.2 Å². The zero-order chi connectivity index (χ0) is 18.0. The molecule has 1 saturated heterocycles. The van der Waals surface area contributed by atoms with Gasteiger partial charge in [-0.15, -0.1) is 22.7 Å². The molecule has 0 aliphatic carbocycles. The van der Waals surface area contributed by atoms with Gasteiger partial charge in [0.1, 0.15) is 9.77 Å². The molecule has 0 spiro atoms. The Morgan fingerprint density at radius 3 is 2.60 bits per heavy atom. The molecule has 0 unspecified atom stereocenters. The summed E-state index contributed by atoms with van der Waals surface area (Å²) < 4.78 is 27.8. The number of carbonyl (C=O) groups is 1. The number of halogens is 1. The Balaban J connectivity index is 1.86. The van der Waals surface area contributed by atoms with Gasteiger partial charge in [-0.25, -0.2) is 8.42 Å². The standard InChI is InChI=1S/C16H19ClN2O3S3/c1-2-18(11-12-5-6-14(17)24-12)16(20)15-13(7-10-23-15)25(21,22)19-8-3-4-9-19/h5-7,10H,2-4,8-9,11H2,1H3. The van der Waals surface area contributed by atoms with Gasteiger partial charge < -0.3 is 4.90 Å². The highest BCUT2D eigenvalue weighted by atomic mass is 35.5. The van der Waals surface area contributed by atoms with Gasteiger partial charge >= 0.3 is 0 Å². The minimum atomic E-state index is -3.60. The Bertz CT molecular complexity index is 854. The van der Waals surface area contributed by atoms with E-state index in [0.717, 1.165) is 17.7 Å². The van der Waals surface area contributed by atoms with Gasteiger partial charge in [0.2, 0.25) is 10.0 Å². The van der Waals surface area contributed by atoms with Crippen LogP contribution < -0.4 is 0 Å². The number of rotatable bonds is 6. The van der Waals surface area contributed by atoms with Gasteiger partial charge in [-0.1, -0.05) is 11.6 Å². The Labute approximate surface area is 160 Å². The largest absolute Gasteiger partial charge is 0.333 e. The lowest BCUT2D eigenvalue weighted by Gasteiger charge is -2.21. The first kappa shape index (κ1) is 18.8. The molecule has 0 aromatic carbocycles. The Morgan fingerprint density at radius 2 is 2.00 bits per heavy atom. The zero-order valence-corrected chi connectivity index (χ0v) is 17.0. The van der Waals surface area contributed by atoms with E-state index in [1.165, 1.54) is 27.0 Å². The average molecular weight is 419 g/mol. The van der Waals surface area contributed by atoms with Crippen molar-refractivity contribution in [2.24, 2.45) is 0 Å². The van der Waals surface area contributed by atoms with E-state index >= 15 is 0 Å². The van der Waals surface area contributed by atoms with Crippen molar-refractivity contribution in [3.8, 4) is 0 Å². The Hall–Kier alpha value is -0.930. The average Bonchev–Trinajstić information content (AvgIpc) is 3.32. The molecule has 1 aliphatic rings. The lowest BCUT2D eigenvalue weighted by atomic mass is 10.3. The highest BCUT2D eigenvalue weighted by Crippen LogP contribution is 2.30. The van der Waals surface area contributed by atoms with Crippen LogP contribution in [-0.2, 0) is 16.6 Å². The number of amides is 1. The van der Waals surface area contributed by atoms with Gasteiger partial charge in [-0.3, -0.25) is 4.79 Å². The summed E-state index contributed by atoms with van der Waals surface area (Å²) in [7, 11) is -3.60. The van der Waals surface area contributed by atoms with Gasteiger partial charge in [0, 0.05) is 24.5 Å². The van der Waals surface area contributed by atoms with Crippen LogP contribution in [0.1, 0.15) is 34.3 Å². The Kier molecular flexibility index (Phi) is 5.85. The highest BCUT2D eigenvalue weighted by Gasteiger charge is 2.33. The van der Waals surface area contributed by atoms with Crippen LogP contribution in [0.15, 0.2) is 28.5 Å². The van der Waals surface area contributed by atoms with E-state index in [9.17, 15) is 13.2 Å². The first-order valence-electron chi connectivity index (χ1n) is 8.04. The van der Waals surface area contributed by atoms with E-state index in [4.69, 9.17) is 11.6 Å². The van der Waals surface area contributed by atoms with E-state index in [0.29, 0.717) is 30.5 Å². The molecule has 0 N–H and O–H groups in total. The molecule has 136 valence electrons. The van der Waals surface area contributed by atoms with E-state index in [2.05, 4.69) is 0 Å². The smallest absolute Gasteiger partial charge is 0.265 e. The summed E-state index contributed by atoms with van der Waals surface area (Å²) in [6.45, 7) is 3.85. The van der Waals surface area contributed by atoms with Crippen LogP contribution in [0.4, 0.5) is 0 Å². The predicted octanol–water partition coefficient (Wildman–Crippen LogP) is 3.91. The maximum absolute atomic E-state index is 13.0. The highest BCUT2D eigenvalue weighted by molar-refractivity contribution is 7.89. The van der Waals surface area contributed by atoms with Crippen molar-refractivity contribution in [1.82, 2.24) is 9.21 Å². The second kappa shape index (κ2) is 7.75. The van der Waals surface area contributed by atoms with E-state index < -0.39 is 10.0 Å². The summed E-state index contributed by atoms with van der Waals surface area (Å²) in [4.78, 5) is 16.0. The monoisotopic (exact) mass is 418 g/mol. The van der Waals surface area contributed by atoms with Crippen molar-refractivity contribution in [2.45, 2.75) is 31.2 Å². The molecule has 3 rings (SSSR count). The third kappa shape index (κ3) is 3.93. The minimum Gasteiger partial charge on any atom is -0.333 e. The summed E-state index contributed by atoms with van der Waals surface area (Å²) in [5, 5.41) is 1.67. The quantitative estimate of drug-likeness (QED) is 0.714. The summed E-state index contributed by atoms with van der Waals surface area (Å²) in [6, 6.07) is 5.23. The first-order chi connectivity index (χ1) is 11.9. The molecule has 0 saturated carbocycles. The summed E-state index contributed by atoms with van der Waals surface area (Å²) >= 11 is 8.56. The SMILES string of the molecule is CCN(Cc1ccc(Cl)s1)C(=O)c1sccc1S(=O)(=O)N1CCCC1. The molecule has 2 aromatic rings. The molecule has 1 amide bonds. The number of hydrogen-bond donors (Lipinski definition) is 0. The minimum absolute atomic E-state index is 0.132. The van der Waals surface area contributed by atoms with Crippen LogP contribution >= 0.6 is 34.3 Å². The normalized spacial score (nSPS) is 15.6. The molecule has 9 heteroatoms. The molecule has 0 radical (unpaired) electrons.